The van der Waals surface area contributed by atoms with Crippen molar-refractivity contribution in [2.24, 2.45) is 0 Å². The Morgan fingerprint density at radius 3 is 2.75 bits per heavy atom. The first kappa shape index (κ1) is 17.7. The van der Waals surface area contributed by atoms with Crippen LogP contribution in [0.1, 0.15) is 26.4 Å². The van der Waals surface area contributed by atoms with Crippen molar-refractivity contribution in [3.63, 3.8) is 0 Å². The van der Waals surface area contributed by atoms with Gasteiger partial charge in [0.15, 0.2) is 0 Å². The summed E-state index contributed by atoms with van der Waals surface area (Å²) in [5, 5.41) is 6.11. The minimum absolute atomic E-state index is 0.194. The number of hydrogen-bond donors (Lipinski definition) is 2. The topological polar surface area (TPSA) is 71.1 Å². The summed E-state index contributed by atoms with van der Waals surface area (Å²) < 4.78 is 0. The first-order valence-electron chi connectivity index (χ1n) is 7.48. The molecule has 0 fully saturated rings. The lowest BCUT2D eigenvalue weighted by Crippen LogP contribution is -2.27. The summed E-state index contributed by atoms with van der Waals surface area (Å²) in [5.74, 6) is -0.597. The molecule has 1 heterocycles. The second kappa shape index (κ2) is 8.84. The fraction of sp³-hybridized carbons (Fsp3) is 0.167. The molecule has 0 saturated carbocycles. The highest BCUT2D eigenvalue weighted by molar-refractivity contribution is 6.30. The fourth-order valence-electron chi connectivity index (χ4n) is 2.07. The number of nitrogens with one attached hydrogen (secondary N) is 2. The van der Waals surface area contributed by atoms with Gasteiger partial charge in [0.1, 0.15) is 5.69 Å². The summed E-state index contributed by atoms with van der Waals surface area (Å²) in [6.07, 6.45) is 3.68. The maximum atomic E-state index is 12.2. The van der Waals surface area contributed by atoms with Crippen LogP contribution in [0.15, 0.2) is 55.3 Å². The average Bonchev–Trinajstić information content (AvgIpc) is 2.59. The molecule has 0 bridgehead atoms. The van der Waals surface area contributed by atoms with Crippen LogP contribution in [0, 0.1) is 0 Å². The van der Waals surface area contributed by atoms with Gasteiger partial charge in [0.2, 0.25) is 0 Å². The second-order valence-corrected chi connectivity index (χ2v) is 5.50. The van der Waals surface area contributed by atoms with Crippen LogP contribution in [0.3, 0.4) is 0 Å². The van der Waals surface area contributed by atoms with Crippen LogP contribution in [0.4, 0.5) is 0 Å². The Hall–Kier alpha value is -2.66. The lowest BCUT2D eigenvalue weighted by Gasteiger charge is -2.07. The zero-order chi connectivity index (χ0) is 17.4. The molecule has 2 rings (SSSR count). The van der Waals surface area contributed by atoms with Crippen molar-refractivity contribution in [2.75, 3.05) is 13.1 Å². The van der Waals surface area contributed by atoms with E-state index in [1.165, 1.54) is 12.3 Å². The van der Waals surface area contributed by atoms with Crippen molar-refractivity contribution in [3.05, 3.63) is 77.1 Å². The van der Waals surface area contributed by atoms with Crippen LogP contribution in [0.5, 0.6) is 0 Å². The van der Waals surface area contributed by atoms with Gasteiger partial charge in [0.25, 0.3) is 11.8 Å². The van der Waals surface area contributed by atoms with Crippen molar-refractivity contribution in [1.29, 1.82) is 0 Å². The Balaban J connectivity index is 1.92. The number of carbonyl (C=O) groups is 2. The molecule has 0 radical (unpaired) electrons. The van der Waals surface area contributed by atoms with Gasteiger partial charge in [-0.3, -0.25) is 14.6 Å². The third kappa shape index (κ3) is 5.21. The highest BCUT2D eigenvalue weighted by Gasteiger charge is 2.11. The molecular formula is C18H18ClN3O2. The Bertz CT molecular complexity index is 747. The molecule has 0 aliphatic rings. The molecule has 0 atom stereocenters. The molecule has 0 unspecified atom stereocenters. The molecule has 0 aliphatic heterocycles. The molecule has 2 amide bonds. The summed E-state index contributed by atoms with van der Waals surface area (Å²) in [6, 6.07) is 10.5. The minimum atomic E-state index is -0.344. The maximum absolute atomic E-state index is 12.2. The molecule has 0 saturated heterocycles. The van der Waals surface area contributed by atoms with Crippen molar-refractivity contribution in [2.45, 2.75) is 6.42 Å². The number of hydrogen-bond acceptors (Lipinski definition) is 3. The van der Waals surface area contributed by atoms with Gasteiger partial charge in [0, 0.05) is 29.9 Å². The van der Waals surface area contributed by atoms with Crippen LogP contribution in [-0.2, 0) is 6.42 Å². The lowest BCUT2D eigenvalue weighted by atomic mass is 10.1. The number of aromatic nitrogens is 1. The molecule has 2 aromatic rings. The van der Waals surface area contributed by atoms with Crippen molar-refractivity contribution in [1.82, 2.24) is 15.6 Å². The highest BCUT2D eigenvalue weighted by atomic mass is 35.5. The number of rotatable bonds is 7. The average molecular weight is 344 g/mol. The summed E-state index contributed by atoms with van der Waals surface area (Å²) >= 11 is 5.93. The fourth-order valence-corrected chi connectivity index (χ4v) is 2.28. The number of pyridine rings is 1. The summed E-state index contributed by atoms with van der Waals surface area (Å²) in [5.41, 5.74) is 1.63. The van der Waals surface area contributed by atoms with E-state index in [-0.39, 0.29) is 17.5 Å². The van der Waals surface area contributed by atoms with E-state index in [4.69, 9.17) is 11.6 Å². The lowest BCUT2D eigenvalue weighted by molar-refractivity contribution is 0.0953. The van der Waals surface area contributed by atoms with E-state index in [1.54, 1.807) is 18.2 Å². The quantitative estimate of drug-likeness (QED) is 0.759. The molecule has 6 heteroatoms. The van der Waals surface area contributed by atoms with Gasteiger partial charge in [-0.15, -0.1) is 6.58 Å². The second-order valence-electron chi connectivity index (χ2n) is 5.06. The summed E-state index contributed by atoms with van der Waals surface area (Å²) in [7, 11) is 0. The summed E-state index contributed by atoms with van der Waals surface area (Å²) in [6.45, 7) is 4.34. The first-order chi connectivity index (χ1) is 11.6. The SMILES string of the molecule is C=CCNC(=O)c1cc(C(=O)NCCc2cccc(Cl)c2)ccn1. The van der Waals surface area contributed by atoms with Gasteiger partial charge < -0.3 is 10.6 Å². The van der Waals surface area contributed by atoms with E-state index in [0.29, 0.717) is 30.1 Å². The normalized spacial score (nSPS) is 10.0. The molecular weight excluding hydrogens is 326 g/mol. The predicted molar refractivity (Wildman–Crippen MR) is 94.3 cm³/mol. The van der Waals surface area contributed by atoms with Crippen LogP contribution < -0.4 is 10.6 Å². The minimum Gasteiger partial charge on any atom is -0.352 e. The third-order valence-electron chi connectivity index (χ3n) is 3.25. The Labute approximate surface area is 145 Å². The number of amides is 2. The Morgan fingerprint density at radius 2 is 2.00 bits per heavy atom. The Morgan fingerprint density at radius 1 is 1.17 bits per heavy atom. The number of carbonyl (C=O) groups excluding carboxylic acids is 2. The standard InChI is InChI=1S/C18H18ClN3O2/c1-2-8-21-18(24)16-12-14(7-10-20-16)17(23)22-9-6-13-4-3-5-15(19)11-13/h2-5,7,10-12H,1,6,8-9H2,(H,21,24)(H,22,23). The molecule has 0 spiro atoms. The Kier molecular flexibility index (Phi) is 6.51. The number of benzene rings is 1. The molecule has 1 aromatic heterocycles. The monoisotopic (exact) mass is 343 g/mol. The predicted octanol–water partition coefficient (Wildman–Crippen LogP) is 2.62. The van der Waals surface area contributed by atoms with E-state index < -0.39 is 0 Å². The highest BCUT2D eigenvalue weighted by Crippen LogP contribution is 2.10. The van der Waals surface area contributed by atoms with Crippen LogP contribution in [-0.4, -0.2) is 29.9 Å². The molecule has 2 N–H and O–H groups in total. The molecule has 124 valence electrons. The van der Waals surface area contributed by atoms with Crippen molar-refractivity contribution >= 4 is 23.4 Å². The van der Waals surface area contributed by atoms with Gasteiger partial charge in [0.05, 0.1) is 0 Å². The van der Waals surface area contributed by atoms with Crippen molar-refractivity contribution in [3.8, 4) is 0 Å². The van der Waals surface area contributed by atoms with Gasteiger partial charge >= 0.3 is 0 Å². The molecule has 24 heavy (non-hydrogen) atoms. The number of halogens is 1. The van der Waals surface area contributed by atoms with E-state index in [1.807, 2.05) is 18.2 Å². The number of nitrogens with zero attached hydrogens (tertiary/aromatic N) is 1. The zero-order valence-corrected chi connectivity index (χ0v) is 13.8. The molecule has 0 aliphatic carbocycles. The maximum Gasteiger partial charge on any atom is 0.270 e. The van der Waals surface area contributed by atoms with Gasteiger partial charge in [-0.1, -0.05) is 29.8 Å². The van der Waals surface area contributed by atoms with E-state index in [9.17, 15) is 9.59 Å². The molecule has 1 aromatic carbocycles. The first-order valence-corrected chi connectivity index (χ1v) is 7.85. The molecule has 5 nitrogen and oxygen atoms in total. The third-order valence-corrected chi connectivity index (χ3v) is 3.49. The van der Waals surface area contributed by atoms with Crippen LogP contribution >= 0.6 is 11.6 Å². The van der Waals surface area contributed by atoms with E-state index in [2.05, 4.69) is 22.2 Å². The van der Waals surface area contributed by atoms with Gasteiger partial charge in [-0.25, -0.2) is 0 Å². The van der Waals surface area contributed by atoms with Crippen LogP contribution in [0.2, 0.25) is 5.02 Å². The van der Waals surface area contributed by atoms with E-state index >= 15 is 0 Å². The van der Waals surface area contributed by atoms with E-state index in [0.717, 1.165) is 5.56 Å². The smallest absolute Gasteiger partial charge is 0.270 e. The van der Waals surface area contributed by atoms with Gasteiger partial charge in [-0.2, -0.15) is 0 Å². The largest absolute Gasteiger partial charge is 0.352 e. The van der Waals surface area contributed by atoms with Gasteiger partial charge in [-0.05, 0) is 36.2 Å². The van der Waals surface area contributed by atoms with Crippen LogP contribution in [0.25, 0.3) is 0 Å². The summed E-state index contributed by atoms with van der Waals surface area (Å²) in [4.78, 5) is 28.0. The zero-order valence-electron chi connectivity index (χ0n) is 13.1. The van der Waals surface area contributed by atoms with Crippen molar-refractivity contribution < 1.29 is 9.59 Å².